The minimum absolute atomic E-state index is 0.207. The summed E-state index contributed by atoms with van der Waals surface area (Å²) < 4.78 is 5.10. The minimum Gasteiger partial charge on any atom is -0.380 e. The zero-order valence-corrected chi connectivity index (χ0v) is 11.9. The third-order valence-corrected chi connectivity index (χ3v) is 2.97. The Hall–Kier alpha value is -1.13. The first kappa shape index (κ1) is 14.9. The van der Waals surface area contributed by atoms with Crippen LogP contribution in [0.1, 0.15) is 43.4 Å². The number of hydrogen-bond acceptors (Lipinski definition) is 2. The molecule has 100 valence electrons. The molecule has 0 aliphatic heterocycles. The Labute approximate surface area is 115 Å². The lowest BCUT2D eigenvalue weighted by Gasteiger charge is -2.19. The van der Waals surface area contributed by atoms with Crippen molar-refractivity contribution in [1.82, 2.24) is 5.32 Å². The molecule has 4 heteroatoms. The zero-order valence-electron chi connectivity index (χ0n) is 11.1. The molecule has 0 aliphatic rings. The van der Waals surface area contributed by atoms with Crippen LogP contribution in [0.5, 0.6) is 0 Å². The summed E-state index contributed by atoms with van der Waals surface area (Å²) in [5.41, 5.74) is 7.97. The van der Waals surface area contributed by atoms with Crippen LogP contribution in [0.3, 0.4) is 0 Å². The summed E-state index contributed by atoms with van der Waals surface area (Å²) in [6, 6.07) is 8.59. The van der Waals surface area contributed by atoms with E-state index in [0.29, 0.717) is 11.7 Å². The van der Waals surface area contributed by atoms with Gasteiger partial charge in [0.25, 0.3) is 0 Å². The van der Waals surface area contributed by atoms with Crippen LogP contribution in [0.2, 0.25) is 0 Å². The quantitative estimate of drug-likeness (QED) is 0.745. The summed E-state index contributed by atoms with van der Waals surface area (Å²) >= 11 is 4.94. The second-order valence-electron chi connectivity index (χ2n) is 4.38. The lowest BCUT2D eigenvalue weighted by molar-refractivity contribution is 0.185. The van der Waals surface area contributed by atoms with Gasteiger partial charge in [0.1, 0.15) is 0 Å². The fourth-order valence-electron chi connectivity index (χ4n) is 1.91. The summed E-state index contributed by atoms with van der Waals surface area (Å²) in [6.07, 6.45) is 3.36. The third-order valence-electron chi connectivity index (χ3n) is 2.86. The topological polar surface area (TPSA) is 47.3 Å². The molecule has 0 saturated heterocycles. The summed E-state index contributed by atoms with van der Waals surface area (Å²) in [7, 11) is 1.70. The van der Waals surface area contributed by atoms with Gasteiger partial charge in [0.2, 0.25) is 0 Å². The number of benzene rings is 1. The predicted molar refractivity (Wildman–Crippen MR) is 79.3 cm³/mol. The normalized spacial score (nSPS) is 12.1. The molecule has 1 unspecified atom stereocenters. The molecule has 0 aromatic heterocycles. The largest absolute Gasteiger partial charge is 0.380 e. The highest BCUT2D eigenvalue weighted by Crippen LogP contribution is 2.20. The highest BCUT2D eigenvalue weighted by molar-refractivity contribution is 7.80. The predicted octanol–water partition coefficient (Wildman–Crippen LogP) is 2.90. The monoisotopic (exact) mass is 266 g/mol. The van der Waals surface area contributed by atoms with Crippen molar-refractivity contribution in [2.75, 3.05) is 7.11 Å². The first-order chi connectivity index (χ1) is 8.67. The van der Waals surface area contributed by atoms with E-state index in [9.17, 15) is 0 Å². The second kappa shape index (κ2) is 8.06. The van der Waals surface area contributed by atoms with E-state index in [2.05, 4.69) is 36.5 Å². The van der Waals surface area contributed by atoms with Gasteiger partial charge in [-0.05, 0) is 29.8 Å². The van der Waals surface area contributed by atoms with E-state index in [0.717, 1.165) is 19.3 Å². The van der Waals surface area contributed by atoms with Gasteiger partial charge in [0.15, 0.2) is 5.11 Å². The maximum atomic E-state index is 5.58. The van der Waals surface area contributed by atoms with Crippen LogP contribution in [0.25, 0.3) is 0 Å². The molecular weight excluding hydrogens is 244 g/mol. The van der Waals surface area contributed by atoms with E-state index in [1.807, 2.05) is 0 Å². The van der Waals surface area contributed by atoms with Gasteiger partial charge >= 0.3 is 0 Å². The molecular formula is C14H22N2OS. The van der Waals surface area contributed by atoms with Crippen molar-refractivity contribution in [3.63, 3.8) is 0 Å². The number of rotatable bonds is 7. The number of hydrogen-bond donors (Lipinski definition) is 2. The van der Waals surface area contributed by atoms with Gasteiger partial charge < -0.3 is 15.8 Å². The van der Waals surface area contributed by atoms with Gasteiger partial charge in [-0.1, -0.05) is 44.0 Å². The van der Waals surface area contributed by atoms with Gasteiger partial charge in [-0.2, -0.15) is 0 Å². The molecule has 0 heterocycles. The Morgan fingerprint density at radius 3 is 2.56 bits per heavy atom. The number of nitrogens with two attached hydrogens (primary N) is 1. The number of nitrogens with one attached hydrogen (secondary N) is 1. The van der Waals surface area contributed by atoms with E-state index in [1.165, 1.54) is 11.1 Å². The molecule has 0 saturated carbocycles. The maximum absolute atomic E-state index is 5.58. The fraction of sp³-hybridized carbons (Fsp3) is 0.500. The van der Waals surface area contributed by atoms with Crippen LogP contribution in [0, 0.1) is 0 Å². The molecule has 3 nitrogen and oxygen atoms in total. The van der Waals surface area contributed by atoms with Crippen LogP contribution in [0.15, 0.2) is 24.3 Å². The number of ether oxygens (including phenoxy) is 1. The third kappa shape index (κ3) is 5.02. The zero-order chi connectivity index (χ0) is 13.4. The second-order valence-corrected chi connectivity index (χ2v) is 4.82. The lowest BCUT2D eigenvalue weighted by Crippen LogP contribution is -2.32. The van der Waals surface area contributed by atoms with E-state index in [4.69, 9.17) is 22.7 Å². The van der Waals surface area contributed by atoms with Crippen LogP contribution in [0.4, 0.5) is 0 Å². The Morgan fingerprint density at radius 2 is 2.06 bits per heavy atom. The molecule has 1 aromatic rings. The SMILES string of the molecule is CCCCC(NC(N)=S)c1ccc(COC)cc1. The molecule has 0 fully saturated rings. The van der Waals surface area contributed by atoms with Crippen LogP contribution in [-0.4, -0.2) is 12.2 Å². The van der Waals surface area contributed by atoms with Gasteiger partial charge in [-0.25, -0.2) is 0 Å². The Kier molecular flexibility index (Phi) is 6.68. The molecule has 0 bridgehead atoms. The van der Waals surface area contributed by atoms with E-state index in [-0.39, 0.29) is 6.04 Å². The number of thiocarbonyl (C=S) groups is 1. The van der Waals surface area contributed by atoms with Gasteiger partial charge in [-0.15, -0.1) is 0 Å². The molecule has 0 aliphatic carbocycles. The van der Waals surface area contributed by atoms with E-state index in [1.54, 1.807) is 7.11 Å². The van der Waals surface area contributed by atoms with E-state index < -0.39 is 0 Å². The smallest absolute Gasteiger partial charge is 0.164 e. The lowest BCUT2D eigenvalue weighted by atomic mass is 10.00. The van der Waals surface area contributed by atoms with Gasteiger partial charge in [-0.3, -0.25) is 0 Å². The molecule has 0 radical (unpaired) electrons. The summed E-state index contributed by atoms with van der Waals surface area (Å²) in [6.45, 7) is 2.82. The van der Waals surface area contributed by atoms with Crippen LogP contribution < -0.4 is 11.1 Å². The molecule has 0 spiro atoms. The van der Waals surface area contributed by atoms with Crippen LogP contribution in [-0.2, 0) is 11.3 Å². The average molecular weight is 266 g/mol. The molecule has 1 atom stereocenters. The van der Waals surface area contributed by atoms with Crippen molar-refractivity contribution < 1.29 is 4.74 Å². The Balaban J connectivity index is 2.73. The van der Waals surface area contributed by atoms with Gasteiger partial charge in [0.05, 0.1) is 12.6 Å². The van der Waals surface area contributed by atoms with Crippen molar-refractivity contribution >= 4 is 17.3 Å². The molecule has 1 aromatic carbocycles. The van der Waals surface area contributed by atoms with Gasteiger partial charge in [0, 0.05) is 7.11 Å². The van der Waals surface area contributed by atoms with Crippen molar-refractivity contribution in [2.24, 2.45) is 5.73 Å². The first-order valence-corrected chi connectivity index (χ1v) is 6.72. The molecule has 1 rings (SSSR count). The van der Waals surface area contributed by atoms with Crippen molar-refractivity contribution in [3.8, 4) is 0 Å². The van der Waals surface area contributed by atoms with Crippen molar-refractivity contribution in [1.29, 1.82) is 0 Å². The highest BCUT2D eigenvalue weighted by atomic mass is 32.1. The number of methoxy groups -OCH3 is 1. The average Bonchev–Trinajstić information content (AvgIpc) is 2.35. The molecule has 3 N–H and O–H groups in total. The first-order valence-electron chi connectivity index (χ1n) is 6.31. The standard InChI is InChI=1S/C14H22N2OS/c1-3-4-5-13(16-14(15)18)12-8-6-11(7-9-12)10-17-2/h6-9,13H,3-5,10H2,1-2H3,(H3,15,16,18). The van der Waals surface area contributed by atoms with Crippen molar-refractivity contribution in [2.45, 2.75) is 38.8 Å². The molecule has 18 heavy (non-hydrogen) atoms. The highest BCUT2D eigenvalue weighted by Gasteiger charge is 2.10. The number of unbranched alkanes of at least 4 members (excludes halogenated alkanes) is 1. The van der Waals surface area contributed by atoms with Crippen LogP contribution >= 0.6 is 12.2 Å². The molecule has 0 amide bonds. The van der Waals surface area contributed by atoms with E-state index >= 15 is 0 Å². The minimum atomic E-state index is 0.207. The Morgan fingerprint density at radius 1 is 1.39 bits per heavy atom. The Bertz CT molecular complexity index is 365. The maximum Gasteiger partial charge on any atom is 0.164 e. The summed E-state index contributed by atoms with van der Waals surface area (Å²) in [5, 5.41) is 3.52. The summed E-state index contributed by atoms with van der Waals surface area (Å²) in [5.74, 6) is 0. The fourth-order valence-corrected chi connectivity index (χ4v) is 2.06. The van der Waals surface area contributed by atoms with Crippen molar-refractivity contribution in [3.05, 3.63) is 35.4 Å². The summed E-state index contributed by atoms with van der Waals surface area (Å²) in [4.78, 5) is 0.